The van der Waals surface area contributed by atoms with Crippen LogP contribution >= 0.6 is 0 Å². The van der Waals surface area contributed by atoms with Crippen molar-refractivity contribution in [2.45, 2.75) is 88.4 Å². The highest BCUT2D eigenvalue weighted by Crippen LogP contribution is 2.25. The number of para-hydroxylation sites is 1. The van der Waals surface area contributed by atoms with Gasteiger partial charge in [0.1, 0.15) is 18.2 Å². The fourth-order valence-electron chi connectivity index (χ4n) is 6.47. The van der Waals surface area contributed by atoms with Gasteiger partial charge < -0.3 is 39.9 Å². The highest BCUT2D eigenvalue weighted by molar-refractivity contribution is 5.96. The molecule has 2 aliphatic heterocycles. The Hall–Kier alpha value is -5.19. The highest BCUT2D eigenvalue weighted by Gasteiger charge is 2.36. The molecular formula is C35H45N7O10. The molecule has 280 valence electrons. The van der Waals surface area contributed by atoms with Crippen LogP contribution in [0, 0.1) is 0 Å². The summed E-state index contributed by atoms with van der Waals surface area (Å²) in [5, 5.41) is 20.9. The third-order valence-electron chi connectivity index (χ3n) is 9.90. The zero-order chi connectivity index (χ0) is 36.6. The van der Waals surface area contributed by atoms with Gasteiger partial charge in [0.2, 0.25) is 17.7 Å². The Morgan fingerprint density at radius 1 is 0.904 bits per heavy atom. The van der Waals surface area contributed by atoms with E-state index in [-0.39, 0.29) is 74.6 Å². The Kier molecular flexibility index (Phi) is 11.9. The fraction of sp³-hybridized carbons (Fsp3) is 0.571. The molecule has 3 N–H and O–H groups in total. The summed E-state index contributed by atoms with van der Waals surface area (Å²) in [5.41, 5.74) is 0.416. The number of rotatable bonds is 14. The molecule has 17 heteroatoms. The largest absolute Gasteiger partial charge is 0.528 e. The first kappa shape index (κ1) is 36.6. The highest BCUT2D eigenvalue weighted by atomic mass is 16.8. The van der Waals surface area contributed by atoms with E-state index in [1.165, 1.54) is 25.6 Å². The number of hydrogen-bond acceptors (Lipinski definition) is 11. The van der Waals surface area contributed by atoms with E-state index in [1.807, 2.05) is 0 Å². The van der Waals surface area contributed by atoms with Gasteiger partial charge in [-0.15, -0.1) is 5.06 Å². The van der Waals surface area contributed by atoms with Crippen molar-refractivity contribution in [2.75, 3.05) is 39.3 Å². The maximum absolute atomic E-state index is 13.6. The van der Waals surface area contributed by atoms with Crippen molar-refractivity contribution in [3.8, 4) is 11.6 Å². The third-order valence-corrected chi connectivity index (χ3v) is 9.90. The summed E-state index contributed by atoms with van der Waals surface area (Å²) < 4.78 is 12.5. The molecule has 0 bridgehead atoms. The van der Waals surface area contributed by atoms with Gasteiger partial charge in [-0.25, -0.2) is 9.48 Å². The van der Waals surface area contributed by atoms with Crippen molar-refractivity contribution in [1.82, 2.24) is 35.3 Å². The minimum absolute atomic E-state index is 0.0831. The Bertz CT molecular complexity index is 1620. The normalized spacial score (nSPS) is 19.9. The fourth-order valence-corrected chi connectivity index (χ4v) is 6.47. The molecule has 0 spiro atoms. The Labute approximate surface area is 300 Å². The Morgan fingerprint density at radius 2 is 1.63 bits per heavy atom. The second-order valence-corrected chi connectivity index (χ2v) is 13.5. The van der Waals surface area contributed by atoms with Crippen molar-refractivity contribution >= 4 is 35.8 Å². The summed E-state index contributed by atoms with van der Waals surface area (Å²) in [4.78, 5) is 85.2. The van der Waals surface area contributed by atoms with E-state index in [0.717, 1.165) is 38.5 Å². The van der Waals surface area contributed by atoms with Crippen LogP contribution in [0.2, 0.25) is 0 Å². The first-order valence-electron chi connectivity index (χ1n) is 18.0. The van der Waals surface area contributed by atoms with Crippen LogP contribution in [0.15, 0.2) is 36.4 Å². The summed E-state index contributed by atoms with van der Waals surface area (Å²) >= 11 is 0. The van der Waals surface area contributed by atoms with Crippen LogP contribution in [0.4, 0.5) is 4.79 Å². The maximum Gasteiger partial charge on any atom is 0.528 e. The lowest BCUT2D eigenvalue weighted by Crippen LogP contribution is -2.55. The zero-order valence-electron chi connectivity index (χ0n) is 28.9. The number of ether oxygens (including phenoxy) is 2. The average molecular weight is 724 g/mol. The Morgan fingerprint density at radius 3 is 2.29 bits per heavy atom. The summed E-state index contributed by atoms with van der Waals surface area (Å²) in [6.07, 6.45) is 5.37. The topological polar surface area (TPSA) is 202 Å². The molecule has 4 fully saturated rings. The van der Waals surface area contributed by atoms with E-state index in [0.29, 0.717) is 25.1 Å². The number of carboxylic acid groups (broad SMARTS) is 1. The molecule has 4 amide bonds. The molecule has 2 saturated heterocycles. The van der Waals surface area contributed by atoms with Crippen molar-refractivity contribution in [1.29, 1.82) is 0 Å². The summed E-state index contributed by atoms with van der Waals surface area (Å²) in [6, 6.07) is 8.56. The second kappa shape index (κ2) is 16.9. The second-order valence-electron chi connectivity index (χ2n) is 13.5. The van der Waals surface area contributed by atoms with E-state index < -0.39 is 42.6 Å². The number of hydroxylamine groups is 2. The standard InChI is InChI=1S/C35H45N7O10/c43-29(41-16-6-13-28(41)33(47)36-23-7-4-8-23)22-50-30-21-27(38-42(30)24-9-2-1-3-10-24)32(46)37-26(14-15-31(44)45)34(48)39-17-19-40(20-18-39)52-35(49)51-25-11-5-12-25/h1-3,9-10,21,23,25-26,28H,4-8,11-20,22H2,(H,36,47)(H,37,46)(H,44,45)/t26-,28-/m0/s1. The monoisotopic (exact) mass is 723 g/mol. The van der Waals surface area contributed by atoms with Gasteiger partial charge in [-0.3, -0.25) is 24.0 Å². The van der Waals surface area contributed by atoms with E-state index in [1.54, 1.807) is 30.3 Å². The number of nitrogens with zero attached hydrogens (tertiary/aromatic N) is 5. The molecule has 0 radical (unpaired) electrons. The van der Waals surface area contributed by atoms with Crippen LogP contribution in [-0.2, 0) is 28.8 Å². The molecule has 17 nitrogen and oxygen atoms in total. The van der Waals surface area contributed by atoms with Gasteiger partial charge in [-0.2, -0.15) is 5.10 Å². The first-order valence-corrected chi connectivity index (χ1v) is 18.0. The molecule has 3 heterocycles. The quantitative estimate of drug-likeness (QED) is 0.238. The number of amides is 4. The van der Waals surface area contributed by atoms with Crippen LogP contribution in [0.3, 0.4) is 0 Å². The van der Waals surface area contributed by atoms with Crippen molar-refractivity contribution in [3.05, 3.63) is 42.1 Å². The number of carboxylic acids is 1. The van der Waals surface area contributed by atoms with Gasteiger partial charge in [-0.05, 0) is 69.9 Å². The summed E-state index contributed by atoms with van der Waals surface area (Å²) in [7, 11) is 0. The predicted molar refractivity (Wildman–Crippen MR) is 181 cm³/mol. The zero-order valence-corrected chi connectivity index (χ0v) is 28.9. The lowest BCUT2D eigenvalue weighted by molar-refractivity contribution is -0.163. The summed E-state index contributed by atoms with van der Waals surface area (Å²) in [5.74, 6) is -2.82. The Balaban J connectivity index is 1.10. The molecule has 1 aromatic carbocycles. The van der Waals surface area contributed by atoms with E-state index >= 15 is 0 Å². The molecule has 2 atom stereocenters. The SMILES string of the molecule is O=C(O)CC[C@H](NC(=O)c1cc(OCC(=O)N2CCC[C@H]2C(=O)NC2CCC2)n(-c2ccccc2)n1)C(=O)N1CCN(OC(=O)OC2CCC2)CC1. The molecule has 4 aliphatic rings. The number of aliphatic carboxylic acids is 1. The number of aromatic nitrogens is 2. The maximum atomic E-state index is 13.6. The number of carbonyl (C=O) groups is 6. The number of hydrogen-bond donors (Lipinski definition) is 3. The molecular weight excluding hydrogens is 678 g/mol. The average Bonchev–Trinajstić information content (AvgIpc) is 3.77. The van der Waals surface area contributed by atoms with Crippen LogP contribution < -0.4 is 15.4 Å². The smallest absolute Gasteiger partial charge is 0.481 e. The molecule has 2 aliphatic carbocycles. The van der Waals surface area contributed by atoms with Gasteiger partial charge in [-0.1, -0.05) is 18.2 Å². The molecule has 1 aromatic heterocycles. The van der Waals surface area contributed by atoms with Crippen molar-refractivity contribution in [2.24, 2.45) is 0 Å². The molecule has 6 rings (SSSR count). The summed E-state index contributed by atoms with van der Waals surface area (Å²) in [6.45, 7) is 0.774. The van der Waals surface area contributed by atoms with Crippen LogP contribution in [0.5, 0.6) is 5.88 Å². The van der Waals surface area contributed by atoms with Gasteiger partial charge in [0.15, 0.2) is 12.3 Å². The number of likely N-dealkylation sites (tertiary alicyclic amines) is 1. The molecule has 52 heavy (non-hydrogen) atoms. The molecule has 2 aromatic rings. The number of piperazine rings is 1. The van der Waals surface area contributed by atoms with Crippen molar-refractivity contribution in [3.63, 3.8) is 0 Å². The van der Waals surface area contributed by atoms with Crippen LogP contribution in [0.25, 0.3) is 5.69 Å². The van der Waals surface area contributed by atoms with E-state index in [4.69, 9.17) is 14.3 Å². The number of nitrogens with one attached hydrogen (secondary N) is 2. The number of benzene rings is 1. The first-order chi connectivity index (χ1) is 25.1. The molecule has 0 unspecified atom stereocenters. The van der Waals surface area contributed by atoms with Gasteiger partial charge in [0, 0.05) is 38.2 Å². The van der Waals surface area contributed by atoms with Gasteiger partial charge in [0.25, 0.3) is 11.8 Å². The number of carbonyl (C=O) groups excluding carboxylic acids is 5. The van der Waals surface area contributed by atoms with Gasteiger partial charge in [0.05, 0.1) is 18.8 Å². The van der Waals surface area contributed by atoms with Crippen LogP contribution in [0.1, 0.15) is 74.7 Å². The molecule has 2 saturated carbocycles. The lowest BCUT2D eigenvalue weighted by atomic mass is 9.93. The minimum atomic E-state index is -1.19. The van der Waals surface area contributed by atoms with E-state index in [9.17, 15) is 33.9 Å². The third kappa shape index (κ3) is 9.18. The lowest BCUT2D eigenvalue weighted by Gasteiger charge is -2.35. The van der Waals surface area contributed by atoms with Gasteiger partial charge >= 0.3 is 12.1 Å². The van der Waals surface area contributed by atoms with Crippen molar-refractivity contribution < 1.29 is 48.2 Å². The predicted octanol–water partition coefficient (Wildman–Crippen LogP) is 1.64. The van der Waals surface area contributed by atoms with Crippen LogP contribution in [-0.4, -0.2) is 129 Å². The van der Waals surface area contributed by atoms with E-state index in [2.05, 4.69) is 15.7 Å². The minimum Gasteiger partial charge on any atom is -0.481 e.